The normalized spacial score (nSPS) is 10.6. The van der Waals surface area contributed by atoms with Crippen LogP contribution in [0.15, 0.2) is 54.6 Å². The lowest BCUT2D eigenvalue weighted by molar-refractivity contribution is -0.111. The molecular formula is C16H14ClNO. The quantitative estimate of drug-likeness (QED) is 0.829. The summed E-state index contributed by atoms with van der Waals surface area (Å²) in [4.78, 5) is 11.7. The first-order valence-electron chi connectivity index (χ1n) is 5.95. The van der Waals surface area contributed by atoms with Crippen molar-refractivity contribution in [2.75, 3.05) is 5.32 Å². The van der Waals surface area contributed by atoms with E-state index in [0.29, 0.717) is 5.02 Å². The SMILES string of the molecule is Cc1ccc(NC(=O)/C=C/c2ccccc2Cl)cc1. The topological polar surface area (TPSA) is 29.1 Å². The minimum Gasteiger partial charge on any atom is -0.323 e. The molecule has 0 saturated heterocycles. The fourth-order valence-corrected chi connectivity index (χ4v) is 1.80. The minimum absolute atomic E-state index is 0.177. The van der Waals surface area contributed by atoms with Crippen molar-refractivity contribution in [1.29, 1.82) is 0 Å². The average Bonchev–Trinajstić information content (AvgIpc) is 2.40. The van der Waals surface area contributed by atoms with Crippen molar-refractivity contribution in [2.24, 2.45) is 0 Å². The van der Waals surface area contributed by atoms with Gasteiger partial charge in [0.1, 0.15) is 0 Å². The zero-order chi connectivity index (χ0) is 13.7. The molecule has 2 rings (SSSR count). The van der Waals surface area contributed by atoms with E-state index in [1.54, 1.807) is 12.1 Å². The van der Waals surface area contributed by atoms with Crippen molar-refractivity contribution < 1.29 is 4.79 Å². The molecule has 1 amide bonds. The number of nitrogens with one attached hydrogen (secondary N) is 1. The molecule has 0 heterocycles. The fraction of sp³-hybridized carbons (Fsp3) is 0.0625. The number of carbonyl (C=O) groups excluding carboxylic acids is 1. The Balaban J connectivity index is 2.02. The Kier molecular flexibility index (Phi) is 4.37. The number of carbonyl (C=O) groups is 1. The van der Waals surface area contributed by atoms with Crippen LogP contribution in [0.4, 0.5) is 5.69 Å². The fourth-order valence-electron chi connectivity index (χ4n) is 1.60. The summed E-state index contributed by atoms with van der Waals surface area (Å²) >= 11 is 6.00. The van der Waals surface area contributed by atoms with Crippen molar-refractivity contribution in [3.63, 3.8) is 0 Å². The molecule has 19 heavy (non-hydrogen) atoms. The Morgan fingerprint density at radius 2 is 1.79 bits per heavy atom. The van der Waals surface area contributed by atoms with E-state index < -0.39 is 0 Å². The van der Waals surface area contributed by atoms with Crippen LogP contribution >= 0.6 is 11.6 Å². The number of benzene rings is 2. The van der Waals surface area contributed by atoms with Gasteiger partial charge in [0, 0.05) is 16.8 Å². The summed E-state index contributed by atoms with van der Waals surface area (Å²) in [5.41, 5.74) is 2.76. The molecule has 2 aromatic carbocycles. The van der Waals surface area contributed by atoms with Gasteiger partial charge >= 0.3 is 0 Å². The molecular weight excluding hydrogens is 258 g/mol. The van der Waals surface area contributed by atoms with E-state index in [1.165, 1.54) is 6.08 Å². The number of anilines is 1. The summed E-state index contributed by atoms with van der Waals surface area (Å²) in [6, 6.07) is 15.0. The summed E-state index contributed by atoms with van der Waals surface area (Å²) in [5.74, 6) is -0.177. The smallest absolute Gasteiger partial charge is 0.248 e. The molecule has 0 bridgehead atoms. The maximum Gasteiger partial charge on any atom is 0.248 e. The van der Waals surface area contributed by atoms with Crippen LogP contribution in [-0.2, 0) is 4.79 Å². The molecule has 0 aromatic heterocycles. The zero-order valence-corrected chi connectivity index (χ0v) is 11.3. The van der Waals surface area contributed by atoms with Gasteiger partial charge in [-0.3, -0.25) is 4.79 Å². The van der Waals surface area contributed by atoms with Gasteiger partial charge in [-0.2, -0.15) is 0 Å². The van der Waals surface area contributed by atoms with Crippen LogP contribution < -0.4 is 5.32 Å². The standard InChI is InChI=1S/C16H14ClNO/c1-12-6-9-14(10-7-12)18-16(19)11-8-13-4-2-3-5-15(13)17/h2-11H,1H3,(H,18,19)/b11-8+. The predicted octanol–water partition coefficient (Wildman–Crippen LogP) is 4.30. The molecule has 0 aliphatic rings. The summed E-state index contributed by atoms with van der Waals surface area (Å²) in [6.07, 6.45) is 3.17. The van der Waals surface area contributed by atoms with Gasteiger partial charge in [0.2, 0.25) is 5.91 Å². The van der Waals surface area contributed by atoms with E-state index in [4.69, 9.17) is 11.6 Å². The zero-order valence-electron chi connectivity index (χ0n) is 10.6. The van der Waals surface area contributed by atoms with E-state index >= 15 is 0 Å². The molecule has 0 aliphatic carbocycles. The number of hydrogen-bond donors (Lipinski definition) is 1. The highest BCUT2D eigenvalue weighted by Crippen LogP contribution is 2.16. The number of hydrogen-bond acceptors (Lipinski definition) is 1. The van der Waals surface area contributed by atoms with Gasteiger partial charge in [0.25, 0.3) is 0 Å². The van der Waals surface area contributed by atoms with Crippen LogP contribution in [0, 0.1) is 6.92 Å². The summed E-state index contributed by atoms with van der Waals surface area (Å²) in [7, 11) is 0. The first-order valence-corrected chi connectivity index (χ1v) is 6.33. The highest BCUT2D eigenvalue weighted by Gasteiger charge is 1.98. The second kappa shape index (κ2) is 6.21. The Morgan fingerprint density at radius 1 is 1.11 bits per heavy atom. The number of halogens is 1. The van der Waals surface area contributed by atoms with E-state index in [9.17, 15) is 4.79 Å². The third kappa shape index (κ3) is 3.97. The molecule has 2 aromatic rings. The van der Waals surface area contributed by atoms with Gasteiger partial charge in [-0.05, 0) is 36.8 Å². The minimum atomic E-state index is -0.177. The van der Waals surface area contributed by atoms with Crippen molar-refractivity contribution in [2.45, 2.75) is 6.92 Å². The van der Waals surface area contributed by atoms with Crippen LogP contribution in [-0.4, -0.2) is 5.91 Å². The molecule has 0 aliphatic heterocycles. The maximum atomic E-state index is 11.7. The predicted molar refractivity (Wildman–Crippen MR) is 80.3 cm³/mol. The lowest BCUT2D eigenvalue weighted by Crippen LogP contribution is -2.07. The number of aryl methyl sites for hydroxylation is 1. The van der Waals surface area contributed by atoms with Crippen molar-refractivity contribution in [3.8, 4) is 0 Å². The van der Waals surface area contributed by atoms with Gasteiger partial charge in [0.15, 0.2) is 0 Å². The van der Waals surface area contributed by atoms with Gasteiger partial charge in [-0.25, -0.2) is 0 Å². The highest BCUT2D eigenvalue weighted by atomic mass is 35.5. The molecule has 96 valence electrons. The first kappa shape index (κ1) is 13.4. The van der Waals surface area contributed by atoms with Crippen LogP contribution in [0.25, 0.3) is 6.08 Å². The molecule has 0 unspecified atom stereocenters. The van der Waals surface area contributed by atoms with Crippen LogP contribution in [0.2, 0.25) is 5.02 Å². The number of amides is 1. The number of rotatable bonds is 3. The molecule has 0 radical (unpaired) electrons. The molecule has 0 spiro atoms. The van der Waals surface area contributed by atoms with E-state index in [-0.39, 0.29) is 5.91 Å². The molecule has 1 N–H and O–H groups in total. The van der Waals surface area contributed by atoms with Crippen LogP contribution in [0.5, 0.6) is 0 Å². The maximum absolute atomic E-state index is 11.7. The monoisotopic (exact) mass is 271 g/mol. The van der Waals surface area contributed by atoms with Crippen molar-refractivity contribution in [1.82, 2.24) is 0 Å². The van der Waals surface area contributed by atoms with Crippen LogP contribution in [0.3, 0.4) is 0 Å². The summed E-state index contributed by atoms with van der Waals surface area (Å²) in [5, 5.41) is 3.42. The Bertz CT molecular complexity index is 602. The van der Waals surface area contributed by atoms with Gasteiger partial charge < -0.3 is 5.32 Å². The van der Waals surface area contributed by atoms with Gasteiger partial charge in [-0.1, -0.05) is 47.5 Å². The Hall–Kier alpha value is -2.06. The third-order valence-electron chi connectivity index (χ3n) is 2.64. The lowest BCUT2D eigenvalue weighted by atomic mass is 10.2. The van der Waals surface area contributed by atoms with Gasteiger partial charge in [-0.15, -0.1) is 0 Å². The lowest BCUT2D eigenvalue weighted by Gasteiger charge is -2.02. The molecule has 3 heteroatoms. The van der Waals surface area contributed by atoms with Crippen molar-refractivity contribution >= 4 is 29.3 Å². The summed E-state index contributed by atoms with van der Waals surface area (Å²) < 4.78 is 0. The highest BCUT2D eigenvalue weighted by molar-refractivity contribution is 6.32. The Morgan fingerprint density at radius 3 is 2.47 bits per heavy atom. The third-order valence-corrected chi connectivity index (χ3v) is 2.98. The largest absolute Gasteiger partial charge is 0.323 e. The summed E-state index contributed by atoms with van der Waals surface area (Å²) in [6.45, 7) is 2.00. The van der Waals surface area contributed by atoms with Crippen molar-refractivity contribution in [3.05, 3.63) is 70.8 Å². The Labute approximate surface area is 117 Å². The second-order valence-corrected chi connectivity index (χ2v) is 4.62. The average molecular weight is 272 g/mol. The molecule has 0 fully saturated rings. The molecule has 0 saturated carbocycles. The second-order valence-electron chi connectivity index (χ2n) is 4.21. The molecule has 2 nitrogen and oxygen atoms in total. The van der Waals surface area contributed by atoms with E-state index in [0.717, 1.165) is 16.8 Å². The van der Waals surface area contributed by atoms with Gasteiger partial charge in [0.05, 0.1) is 0 Å². The van der Waals surface area contributed by atoms with Crippen LogP contribution in [0.1, 0.15) is 11.1 Å². The first-order chi connectivity index (χ1) is 9.15. The molecule has 0 atom stereocenters. The van der Waals surface area contributed by atoms with E-state index in [2.05, 4.69) is 5.32 Å². The van der Waals surface area contributed by atoms with E-state index in [1.807, 2.05) is 49.4 Å².